The molecule has 1 aromatic carbocycles. The van der Waals surface area contributed by atoms with E-state index in [0.717, 1.165) is 5.56 Å². The minimum atomic E-state index is -3.85. The summed E-state index contributed by atoms with van der Waals surface area (Å²) < 4.78 is 28.8. The highest BCUT2D eigenvalue weighted by Gasteiger charge is 2.25. The summed E-state index contributed by atoms with van der Waals surface area (Å²) in [5.74, 6) is -0.431. The number of ether oxygens (including phenoxy) is 1. The zero-order chi connectivity index (χ0) is 17.6. The molecule has 1 unspecified atom stereocenters. The van der Waals surface area contributed by atoms with E-state index in [4.69, 9.17) is 9.88 Å². The summed E-state index contributed by atoms with van der Waals surface area (Å²) in [5.41, 5.74) is 1.76. The topological polar surface area (TPSA) is 99.3 Å². The van der Waals surface area contributed by atoms with Crippen LogP contribution in [0.25, 0.3) is 6.08 Å². The molecule has 126 valence electrons. The number of benzene rings is 1. The van der Waals surface area contributed by atoms with Crippen LogP contribution in [-0.4, -0.2) is 26.0 Å². The minimum absolute atomic E-state index is 0.309. The van der Waals surface area contributed by atoms with Crippen molar-refractivity contribution in [3.63, 3.8) is 0 Å². The average Bonchev–Trinajstić information content (AvgIpc) is 2.54. The van der Waals surface area contributed by atoms with Crippen molar-refractivity contribution >= 4 is 22.1 Å². The van der Waals surface area contributed by atoms with Crippen LogP contribution in [0.5, 0.6) is 0 Å². The molecule has 0 spiro atoms. The molecule has 0 fully saturated rings. The second-order valence-electron chi connectivity index (χ2n) is 5.01. The van der Waals surface area contributed by atoms with Gasteiger partial charge in [-0.2, -0.15) is 0 Å². The lowest BCUT2D eigenvalue weighted by molar-refractivity contribution is -0.137. The third-order valence-electron chi connectivity index (χ3n) is 3.25. The smallest absolute Gasteiger partial charge is 0.330 e. The van der Waals surface area contributed by atoms with E-state index in [2.05, 4.69) is 4.98 Å². The molecule has 6 nitrogen and oxygen atoms in total. The molecule has 1 atom stereocenters. The van der Waals surface area contributed by atoms with Crippen LogP contribution in [0.3, 0.4) is 0 Å². The second-order valence-corrected chi connectivity index (χ2v) is 6.66. The van der Waals surface area contributed by atoms with Gasteiger partial charge in [0.25, 0.3) is 0 Å². The third-order valence-corrected chi connectivity index (χ3v) is 4.45. The lowest BCUT2D eigenvalue weighted by Crippen LogP contribution is -2.22. The molecule has 24 heavy (non-hydrogen) atoms. The summed E-state index contributed by atoms with van der Waals surface area (Å²) in [6, 6.07) is 10.1. The highest BCUT2D eigenvalue weighted by atomic mass is 32.2. The second kappa shape index (κ2) is 7.85. The number of hydrogen-bond donors (Lipinski definition) is 1. The van der Waals surface area contributed by atoms with Crippen LogP contribution in [0.4, 0.5) is 0 Å². The number of carbonyl (C=O) groups is 1. The summed E-state index contributed by atoms with van der Waals surface area (Å²) in [7, 11) is -3.85. The van der Waals surface area contributed by atoms with Crippen molar-refractivity contribution in [3.05, 3.63) is 71.6 Å². The first-order valence-corrected chi connectivity index (χ1v) is 8.89. The number of carbonyl (C=O) groups excluding carboxylic acids is 1. The fourth-order valence-corrected chi connectivity index (χ4v) is 3.29. The fraction of sp³-hybridized carbons (Fsp3) is 0.176. The van der Waals surface area contributed by atoms with Crippen LogP contribution in [0.15, 0.2) is 54.9 Å². The number of pyridine rings is 1. The molecule has 0 saturated carbocycles. The Kier molecular flexibility index (Phi) is 5.83. The van der Waals surface area contributed by atoms with Crippen LogP contribution in [0.1, 0.15) is 28.9 Å². The Bertz CT molecular complexity index is 815. The number of nitrogens with two attached hydrogens (primary N) is 1. The molecule has 1 heterocycles. The van der Waals surface area contributed by atoms with E-state index in [-0.39, 0.29) is 0 Å². The predicted molar refractivity (Wildman–Crippen MR) is 91.3 cm³/mol. The van der Waals surface area contributed by atoms with E-state index in [9.17, 15) is 13.2 Å². The number of primary sulfonamides is 1. The van der Waals surface area contributed by atoms with Gasteiger partial charge in [-0.1, -0.05) is 30.3 Å². The SMILES string of the molecule is CCOC(=O)/C=C/c1ccc(C(c2cccnc2)S(N)(=O)=O)cc1. The normalized spacial score (nSPS) is 12.9. The maximum atomic E-state index is 12.0. The molecular formula is C17H18N2O4S. The minimum Gasteiger partial charge on any atom is -0.463 e. The lowest BCUT2D eigenvalue weighted by Gasteiger charge is -2.15. The van der Waals surface area contributed by atoms with Crippen LogP contribution in [-0.2, 0) is 19.6 Å². The quantitative estimate of drug-likeness (QED) is 0.637. The van der Waals surface area contributed by atoms with Crippen molar-refractivity contribution in [2.24, 2.45) is 5.14 Å². The van der Waals surface area contributed by atoms with Crippen molar-refractivity contribution in [2.45, 2.75) is 12.2 Å². The van der Waals surface area contributed by atoms with Crippen molar-refractivity contribution in [1.82, 2.24) is 4.98 Å². The van der Waals surface area contributed by atoms with Gasteiger partial charge in [0.1, 0.15) is 5.25 Å². The molecule has 0 aliphatic rings. The number of sulfonamides is 1. The van der Waals surface area contributed by atoms with Gasteiger partial charge in [0.2, 0.25) is 10.0 Å². The fourth-order valence-electron chi connectivity index (χ4n) is 2.24. The van der Waals surface area contributed by atoms with Gasteiger partial charge >= 0.3 is 5.97 Å². The van der Waals surface area contributed by atoms with Crippen molar-refractivity contribution in [1.29, 1.82) is 0 Å². The van der Waals surface area contributed by atoms with Gasteiger partial charge in [0.15, 0.2) is 0 Å². The maximum absolute atomic E-state index is 12.0. The number of nitrogens with zero attached hydrogens (tertiary/aromatic N) is 1. The van der Waals surface area contributed by atoms with Gasteiger partial charge in [-0.15, -0.1) is 0 Å². The molecular weight excluding hydrogens is 328 g/mol. The van der Waals surface area contributed by atoms with Gasteiger partial charge in [0, 0.05) is 18.5 Å². The van der Waals surface area contributed by atoms with Crippen LogP contribution in [0, 0.1) is 0 Å². The molecule has 0 radical (unpaired) electrons. The Balaban J connectivity index is 2.29. The zero-order valence-electron chi connectivity index (χ0n) is 13.1. The Morgan fingerprint density at radius 3 is 2.50 bits per heavy atom. The predicted octanol–water partition coefficient (Wildman–Crippen LogP) is 2.04. The van der Waals surface area contributed by atoms with Crippen LogP contribution in [0.2, 0.25) is 0 Å². The molecule has 0 bridgehead atoms. The molecule has 0 aliphatic carbocycles. The van der Waals surface area contributed by atoms with Gasteiger partial charge in [-0.25, -0.2) is 18.4 Å². The number of aromatic nitrogens is 1. The zero-order valence-corrected chi connectivity index (χ0v) is 13.9. The Hall–Kier alpha value is -2.51. The summed E-state index contributed by atoms with van der Waals surface area (Å²) in [6.45, 7) is 2.04. The van der Waals surface area contributed by atoms with Gasteiger partial charge < -0.3 is 4.74 Å². The van der Waals surface area contributed by atoms with Crippen LogP contribution >= 0.6 is 0 Å². The molecule has 1 aromatic heterocycles. The standard InChI is InChI=1S/C17H18N2O4S/c1-2-23-16(20)10-7-13-5-8-14(9-6-13)17(24(18,21)22)15-4-3-11-19-12-15/h3-12,17H,2H2,1H3,(H2,18,21,22)/b10-7+. The van der Waals surface area contributed by atoms with E-state index in [1.807, 2.05) is 0 Å². The van der Waals surface area contributed by atoms with Crippen molar-refractivity contribution in [3.8, 4) is 0 Å². The lowest BCUT2D eigenvalue weighted by atomic mass is 10.0. The average molecular weight is 346 g/mol. The molecule has 7 heteroatoms. The van der Waals surface area contributed by atoms with Crippen molar-refractivity contribution in [2.75, 3.05) is 6.61 Å². The van der Waals surface area contributed by atoms with E-state index >= 15 is 0 Å². The van der Waals surface area contributed by atoms with E-state index in [0.29, 0.717) is 17.7 Å². The van der Waals surface area contributed by atoms with E-state index < -0.39 is 21.2 Å². The Labute approximate surface area is 141 Å². The Morgan fingerprint density at radius 2 is 1.96 bits per heavy atom. The van der Waals surface area contributed by atoms with E-state index in [1.54, 1.807) is 55.6 Å². The van der Waals surface area contributed by atoms with E-state index in [1.165, 1.54) is 12.3 Å². The van der Waals surface area contributed by atoms with Crippen LogP contribution < -0.4 is 5.14 Å². The first kappa shape index (κ1) is 17.8. The van der Waals surface area contributed by atoms with Gasteiger partial charge in [-0.05, 0) is 35.8 Å². The number of esters is 1. The molecule has 0 amide bonds. The maximum Gasteiger partial charge on any atom is 0.330 e. The highest BCUT2D eigenvalue weighted by Crippen LogP contribution is 2.28. The van der Waals surface area contributed by atoms with Crippen molar-refractivity contribution < 1.29 is 17.9 Å². The summed E-state index contributed by atoms with van der Waals surface area (Å²) >= 11 is 0. The number of rotatable bonds is 6. The molecule has 2 aromatic rings. The highest BCUT2D eigenvalue weighted by molar-refractivity contribution is 7.89. The third kappa shape index (κ3) is 4.74. The first-order chi connectivity index (χ1) is 11.4. The molecule has 2 rings (SSSR count). The largest absolute Gasteiger partial charge is 0.463 e. The number of hydrogen-bond acceptors (Lipinski definition) is 5. The first-order valence-electron chi connectivity index (χ1n) is 7.28. The molecule has 0 saturated heterocycles. The summed E-state index contributed by atoms with van der Waals surface area (Å²) in [5, 5.41) is 4.39. The van der Waals surface area contributed by atoms with Gasteiger partial charge in [-0.3, -0.25) is 4.98 Å². The summed E-state index contributed by atoms with van der Waals surface area (Å²) in [6.07, 6.45) is 5.95. The van der Waals surface area contributed by atoms with Gasteiger partial charge in [0.05, 0.1) is 6.61 Å². The summed E-state index contributed by atoms with van der Waals surface area (Å²) in [4.78, 5) is 15.2. The molecule has 0 aliphatic heterocycles. The molecule has 2 N–H and O–H groups in total. The Morgan fingerprint density at radius 1 is 1.25 bits per heavy atom. The monoisotopic (exact) mass is 346 g/mol.